The normalized spacial score (nSPS) is 18.9. The fourth-order valence-electron chi connectivity index (χ4n) is 2.66. The summed E-state index contributed by atoms with van der Waals surface area (Å²) >= 11 is 0. The maximum atomic E-state index is 11.6. The Kier molecular flexibility index (Phi) is 4.40. The van der Waals surface area contributed by atoms with Crippen LogP contribution < -0.4 is 4.90 Å². The Labute approximate surface area is 114 Å². The molecule has 2 heterocycles. The van der Waals surface area contributed by atoms with Gasteiger partial charge in [0, 0.05) is 18.8 Å². The summed E-state index contributed by atoms with van der Waals surface area (Å²) in [7, 11) is 0. The van der Waals surface area contributed by atoms with Crippen LogP contribution in [0.15, 0.2) is 18.3 Å². The minimum atomic E-state index is -0.302. The highest BCUT2D eigenvalue weighted by Crippen LogP contribution is 2.28. The van der Waals surface area contributed by atoms with Gasteiger partial charge in [0.15, 0.2) is 0 Å². The predicted molar refractivity (Wildman–Crippen MR) is 75.4 cm³/mol. The summed E-state index contributed by atoms with van der Waals surface area (Å²) in [6, 6.07) is 4.28. The highest BCUT2D eigenvalue weighted by molar-refractivity contribution is 5.89. The van der Waals surface area contributed by atoms with E-state index in [1.807, 2.05) is 6.07 Å². The first-order valence-corrected chi connectivity index (χ1v) is 7.03. The molecule has 104 valence electrons. The minimum Gasteiger partial charge on any atom is -0.462 e. The van der Waals surface area contributed by atoms with Gasteiger partial charge in [0.1, 0.15) is 5.82 Å². The fourth-order valence-corrected chi connectivity index (χ4v) is 2.66. The lowest BCUT2D eigenvalue weighted by atomic mass is 10.0. The number of carbonyl (C=O) groups is 1. The van der Waals surface area contributed by atoms with Gasteiger partial charge >= 0.3 is 5.97 Å². The number of hydrogen-bond acceptors (Lipinski definition) is 4. The van der Waals surface area contributed by atoms with Crippen molar-refractivity contribution in [2.75, 3.05) is 18.1 Å². The summed E-state index contributed by atoms with van der Waals surface area (Å²) < 4.78 is 4.96. The Bertz CT molecular complexity index is 428. The topological polar surface area (TPSA) is 42.4 Å². The van der Waals surface area contributed by atoms with Crippen molar-refractivity contribution in [2.24, 2.45) is 5.92 Å². The second kappa shape index (κ2) is 6.04. The maximum absolute atomic E-state index is 11.6. The van der Waals surface area contributed by atoms with Crippen molar-refractivity contribution in [3.8, 4) is 0 Å². The van der Waals surface area contributed by atoms with Crippen LogP contribution in [0.4, 0.5) is 5.82 Å². The third-order valence-electron chi connectivity index (χ3n) is 3.62. The van der Waals surface area contributed by atoms with E-state index in [1.54, 1.807) is 19.2 Å². The molecule has 1 aliphatic heterocycles. The summed E-state index contributed by atoms with van der Waals surface area (Å²) in [6.07, 6.45) is 4.05. The molecule has 0 amide bonds. The number of carbonyl (C=O) groups excluding carboxylic acids is 1. The van der Waals surface area contributed by atoms with Gasteiger partial charge in [-0.25, -0.2) is 9.78 Å². The molecule has 0 bridgehead atoms. The van der Waals surface area contributed by atoms with Gasteiger partial charge in [-0.3, -0.25) is 0 Å². The van der Waals surface area contributed by atoms with Gasteiger partial charge in [-0.2, -0.15) is 0 Å². The highest BCUT2D eigenvalue weighted by atomic mass is 16.5. The molecule has 0 saturated carbocycles. The van der Waals surface area contributed by atoms with Crippen LogP contribution in [0.5, 0.6) is 0 Å². The van der Waals surface area contributed by atoms with Crippen LogP contribution in [0.1, 0.15) is 44.0 Å². The standard InChI is InChI=1S/C15H22N2O2/c1-4-19-15(18)12-7-8-14(16-10-12)17-9-5-6-13(17)11(2)3/h7-8,10-11,13H,4-6,9H2,1-3H3. The number of nitrogens with zero attached hydrogens (tertiary/aromatic N) is 2. The lowest BCUT2D eigenvalue weighted by Crippen LogP contribution is -2.33. The smallest absolute Gasteiger partial charge is 0.339 e. The van der Waals surface area contributed by atoms with E-state index in [1.165, 1.54) is 12.8 Å². The lowest BCUT2D eigenvalue weighted by molar-refractivity contribution is 0.0526. The van der Waals surface area contributed by atoms with Crippen molar-refractivity contribution in [1.29, 1.82) is 0 Å². The second-order valence-electron chi connectivity index (χ2n) is 5.27. The first kappa shape index (κ1) is 13.8. The number of hydrogen-bond donors (Lipinski definition) is 0. The van der Waals surface area contributed by atoms with Gasteiger partial charge in [-0.1, -0.05) is 13.8 Å². The largest absolute Gasteiger partial charge is 0.462 e. The van der Waals surface area contributed by atoms with Crippen LogP contribution >= 0.6 is 0 Å². The van der Waals surface area contributed by atoms with E-state index in [2.05, 4.69) is 23.7 Å². The van der Waals surface area contributed by atoms with Crippen LogP contribution in [0.2, 0.25) is 0 Å². The zero-order valence-electron chi connectivity index (χ0n) is 11.9. The van der Waals surface area contributed by atoms with E-state index < -0.39 is 0 Å². The highest BCUT2D eigenvalue weighted by Gasteiger charge is 2.27. The molecule has 1 atom stereocenters. The second-order valence-corrected chi connectivity index (χ2v) is 5.27. The third-order valence-corrected chi connectivity index (χ3v) is 3.62. The molecule has 2 rings (SSSR count). The van der Waals surface area contributed by atoms with E-state index in [4.69, 9.17) is 4.74 Å². The zero-order chi connectivity index (χ0) is 13.8. The molecule has 0 radical (unpaired) electrons. The van der Waals surface area contributed by atoms with E-state index >= 15 is 0 Å². The molecule has 0 aliphatic carbocycles. The molecule has 1 aliphatic rings. The third kappa shape index (κ3) is 3.06. The van der Waals surface area contributed by atoms with Crippen LogP contribution in [0.25, 0.3) is 0 Å². The molecule has 1 aromatic heterocycles. The van der Waals surface area contributed by atoms with Crippen molar-refractivity contribution in [3.63, 3.8) is 0 Å². The van der Waals surface area contributed by atoms with Crippen molar-refractivity contribution in [3.05, 3.63) is 23.9 Å². The van der Waals surface area contributed by atoms with Gasteiger partial charge in [-0.05, 0) is 37.8 Å². The van der Waals surface area contributed by atoms with E-state index in [0.29, 0.717) is 24.1 Å². The molecule has 0 spiro atoms. The lowest BCUT2D eigenvalue weighted by Gasteiger charge is -2.28. The average Bonchev–Trinajstić information content (AvgIpc) is 2.88. The summed E-state index contributed by atoms with van der Waals surface area (Å²) in [5.41, 5.74) is 0.519. The molecular weight excluding hydrogens is 240 g/mol. The molecule has 4 heteroatoms. The minimum absolute atomic E-state index is 0.302. The molecule has 1 saturated heterocycles. The maximum Gasteiger partial charge on any atom is 0.339 e. The first-order valence-electron chi connectivity index (χ1n) is 7.03. The van der Waals surface area contributed by atoms with Gasteiger partial charge in [0.05, 0.1) is 12.2 Å². The predicted octanol–water partition coefficient (Wildman–Crippen LogP) is 2.88. The Hall–Kier alpha value is -1.58. The molecule has 0 aromatic carbocycles. The SMILES string of the molecule is CCOC(=O)c1ccc(N2CCCC2C(C)C)nc1. The average molecular weight is 262 g/mol. The summed E-state index contributed by atoms with van der Waals surface area (Å²) in [5.74, 6) is 1.28. The summed E-state index contributed by atoms with van der Waals surface area (Å²) in [6.45, 7) is 7.74. The van der Waals surface area contributed by atoms with Crippen LogP contribution in [0.3, 0.4) is 0 Å². The number of rotatable bonds is 4. The Morgan fingerprint density at radius 1 is 1.53 bits per heavy atom. The zero-order valence-corrected chi connectivity index (χ0v) is 11.9. The van der Waals surface area contributed by atoms with E-state index in [0.717, 1.165) is 12.4 Å². The molecular formula is C15H22N2O2. The van der Waals surface area contributed by atoms with Crippen molar-refractivity contribution < 1.29 is 9.53 Å². The monoisotopic (exact) mass is 262 g/mol. The van der Waals surface area contributed by atoms with Crippen molar-refractivity contribution >= 4 is 11.8 Å². The van der Waals surface area contributed by atoms with E-state index in [9.17, 15) is 4.79 Å². The van der Waals surface area contributed by atoms with Gasteiger partial charge in [-0.15, -0.1) is 0 Å². The van der Waals surface area contributed by atoms with Gasteiger partial charge in [0.2, 0.25) is 0 Å². The van der Waals surface area contributed by atoms with Crippen LogP contribution in [0, 0.1) is 5.92 Å². The van der Waals surface area contributed by atoms with E-state index in [-0.39, 0.29) is 5.97 Å². The fraction of sp³-hybridized carbons (Fsp3) is 0.600. The molecule has 1 aromatic rings. The Balaban J connectivity index is 2.12. The first-order chi connectivity index (χ1) is 9.13. The molecule has 1 fully saturated rings. The molecule has 1 unspecified atom stereocenters. The summed E-state index contributed by atoms with van der Waals surface area (Å²) in [4.78, 5) is 18.3. The molecule has 4 nitrogen and oxygen atoms in total. The van der Waals surface area contributed by atoms with Gasteiger partial charge in [0.25, 0.3) is 0 Å². The van der Waals surface area contributed by atoms with Crippen LogP contribution in [-0.2, 0) is 4.74 Å². The molecule has 19 heavy (non-hydrogen) atoms. The summed E-state index contributed by atoms with van der Waals surface area (Å²) in [5, 5.41) is 0. The van der Waals surface area contributed by atoms with Gasteiger partial charge < -0.3 is 9.64 Å². The van der Waals surface area contributed by atoms with Crippen molar-refractivity contribution in [2.45, 2.75) is 39.7 Å². The quantitative estimate of drug-likeness (QED) is 0.782. The number of pyridine rings is 1. The Morgan fingerprint density at radius 3 is 2.89 bits per heavy atom. The van der Waals surface area contributed by atoms with Crippen molar-refractivity contribution in [1.82, 2.24) is 4.98 Å². The Morgan fingerprint density at radius 2 is 2.32 bits per heavy atom. The number of ether oxygens (including phenoxy) is 1. The molecule has 0 N–H and O–H groups in total. The number of anilines is 1. The van der Waals surface area contributed by atoms with Crippen LogP contribution in [-0.4, -0.2) is 30.1 Å². The number of aromatic nitrogens is 1. The number of esters is 1.